The summed E-state index contributed by atoms with van der Waals surface area (Å²) in [6, 6.07) is 1.87. The van der Waals surface area contributed by atoms with Gasteiger partial charge < -0.3 is 9.64 Å². The lowest BCUT2D eigenvalue weighted by atomic mass is 9.94. The summed E-state index contributed by atoms with van der Waals surface area (Å²) < 4.78 is 5.53. The number of hydrogen-bond acceptors (Lipinski definition) is 3. The summed E-state index contributed by atoms with van der Waals surface area (Å²) in [5.41, 5.74) is 1.65. The predicted molar refractivity (Wildman–Crippen MR) is 83.5 cm³/mol. The number of aryl methyl sites for hydroxylation is 1. The van der Waals surface area contributed by atoms with Gasteiger partial charge in [0.15, 0.2) is 0 Å². The first-order valence-corrected chi connectivity index (χ1v) is 7.77. The van der Waals surface area contributed by atoms with Crippen molar-refractivity contribution in [1.82, 2.24) is 9.88 Å². The summed E-state index contributed by atoms with van der Waals surface area (Å²) in [5.74, 6) is 0. The zero-order valence-electron chi connectivity index (χ0n) is 13.1. The number of pyridine rings is 1. The van der Waals surface area contributed by atoms with Crippen LogP contribution in [0.25, 0.3) is 0 Å². The van der Waals surface area contributed by atoms with Crippen LogP contribution >= 0.6 is 11.6 Å². The summed E-state index contributed by atoms with van der Waals surface area (Å²) in [6.45, 7) is 8.39. The van der Waals surface area contributed by atoms with Crippen molar-refractivity contribution < 1.29 is 9.53 Å². The quantitative estimate of drug-likeness (QED) is 0.717. The van der Waals surface area contributed by atoms with Crippen LogP contribution in [0.4, 0.5) is 4.79 Å². The van der Waals surface area contributed by atoms with Crippen LogP contribution in [0.15, 0.2) is 12.3 Å². The molecule has 116 valence electrons. The molecule has 0 spiro atoms. The van der Waals surface area contributed by atoms with Crippen molar-refractivity contribution in [2.45, 2.75) is 58.6 Å². The normalized spacial score (nSPS) is 19.5. The summed E-state index contributed by atoms with van der Waals surface area (Å²) in [7, 11) is 0. The number of hydrogen-bond donors (Lipinski definition) is 0. The van der Waals surface area contributed by atoms with Gasteiger partial charge in [0.2, 0.25) is 0 Å². The number of aromatic nitrogens is 1. The zero-order valence-corrected chi connectivity index (χ0v) is 13.9. The van der Waals surface area contributed by atoms with E-state index in [1.165, 1.54) is 0 Å². The van der Waals surface area contributed by atoms with Crippen LogP contribution in [0.5, 0.6) is 0 Å². The van der Waals surface area contributed by atoms with Crippen LogP contribution in [0.2, 0.25) is 5.15 Å². The molecule has 1 atom stereocenters. The molecule has 0 aromatic carbocycles. The standard InChI is InChI=1S/C16H23ClN2O2/c1-11-9-14(17)18-10-12(11)13-7-5-6-8-19(13)15(20)21-16(2,3)4/h9-10,13H,5-8H2,1-4H3/t13-/m0/s1. The van der Waals surface area contributed by atoms with Crippen molar-refractivity contribution >= 4 is 17.7 Å². The second-order valence-corrected chi connectivity index (χ2v) is 6.94. The number of rotatable bonds is 1. The minimum absolute atomic E-state index is 0.0263. The van der Waals surface area contributed by atoms with Crippen LogP contribution in [0.1, 0.15) is 57.2 Å². The fourth-order valence-corrected chi connectivity index (χ4v) is 2.89. The molecule has 5 heteroatoms. The van der Waals surface area contributed by atoms with Gasteiger partial charge in [0.25, 0.3) is 0 Å². The Balaban J connectivity index is 2.24. The van der Waals surface area contributed by atoms with Crippen molar-refractivity contribution in [1.29, 1.82) is 0 Å². The summed E-state index contributed by atoms with van der Waals surface area (Å²) in [4.78, 5) is 18.4. The molecule has 2 rings (SSSR count). The maximum atomic E-state index is 12.4. The van der Waals surface area contributed by atoms with Crippen molar-refractivity contribution in [3.63, 3.8) is 0 Å². The molecule has 1 aromatic heterocycles. The largest absolute Gasteiger partial charge is 0.444 e. The van der Waals surface area contributed by atoms with Gasteiger partial charge >= 0.3 is 6.09 Å². The lowest BCUT2D eigenvalue weighted by Crippen LogP contribution is -2.42. The number of piperidine rings is 1. The van der Waals surface area contributed by atoms with E-state index in [1.807, 2.05) is 38.7 Å². The Hall–Kier alpha value is -1.29. The molecule has 4 nitrogen and oxygen atoms in total. The minimum Gasteiger partial charge on any atom is -0.444 e. The van der Waals surface area contributed by atoms with Gasteiger partial charge in [-0.1, -0.05) is 11.6 Å². The van der Waals surface area contributed by atoms with E-state index in [0.29, 0.717) is 5.15 Å². The molecule has 1 amide bonds. The molecule has 2 heterocycles. The van der Waals surface area contributed by atoms with Gasteiger partial charge in [-0.05, 0) is 64.2 Å². The molecule has 0 N–H and O–H groups in total. The van der Waals surface area contributed by atoms with Gasteiger partial charge in [0, 0.05) is 12.7 Å². The van der Waals surface area contributed by atoms with E-state index in [-0.39, 0.29) is 12.1 Å². The van der Waals surface area contributed by atoms with Gasteiger partial charge in [-0.25, -0.2) is 9.78 Å². The zero-order chi connectivity index (χ0) is 15.6. The smallest absolute Gasteiger partial charge is 0.410 e. The highest BCUT2D eigenvalue weighted by Crippen LogP contribution is 2.34. The van der Waals surface area contributed by atoms with Gasteiger partial charge in [0.05, 0.1) is 6.04 Å². The van der Waals surface area contributed by atoms with Gasteiger partial charge in [-0.2, -0.15) is 0 Å². The number of likely N-dealkylation sites (tertiary alicyclic amines) is 1. The van der Waals surface area contributed by atoms with Gasteiger partial charge in [-0.15, -0.1) is 0 Å². The molecule has 0 bridgehead atoms. The Labute approximate surface area is 131 Å². The molecule has 0 saturated carbocycles. The van der Waals surface area contributed by atoms with E-state index in [2.05, 4.69) is 4.98 Å². The highest BCUT2D eigenvalue weighted by atomic mass is 35.5. The first-order chi connectivity index (χ1) is 9.78. The average molecular weight is 311 g/mol. The Kier molecular flexibility index (Phi) is 4.77. The Morgan fingerprint density at radius 1 is 1.43 bits per heavy atom. The van der Waals surface area contributed by atoms with Crippen LogP contribution in [-0.4, -0.2) is 28.1 Å². The maximum Gasteiger partial charge on any atom is 0.410 e. The fraction of sp³-hybridized carbons (Fsp3) is 0.625. The Morgan fingerprint density at radius 3 is 2.76 bits per heavy atom. The van der Waals surface area contributed by atoms with Gasteiger partial charge in [0.1, 0.15) is 10.8 Å². The molecule has 0 unspecified atom stereocenters. The van der Waals surface area contributed by atoms with E-state index in [0.717, 1.165) is 36.9 Å². The first kappa shape index (κ1) is 16.1. The third-order valence-electron chi connectivity index (χ3n) is 3.61. The number of nitrogens with zero attached hydrogens (tertiary/aromatic N) is 2. The fourth-order valence-electron chi connectivity index (χ4n) is 2.68. The second kappa shape index (κ2) is 6.22. The molecule has 1 aromatic rings. The summed E-state index contributed by atoms with van der Waals surface area (Å²) >= 11 is 5.93. The molecule has 1 aliphatic heterocycles. The van der Waals surface area contributed by atoms with Crippen molar-refractivity contribution in [3.05, 3.63) is 28.5 Å². The molecule has 1 saturated heterocycles. The van der Waals surface area contributed by atoms with Gasteiger partial charge in [-0.3, -0.25) is 0 Å². The van der Waals surface area contributed by atoms with Crippen molar-refractivity contribution in [2.24, 2.45) is 0 Å². The maximum absolute atomic E-state index is 12.4. The third-order valence-corrected chi connectivity index (χ3v) is 3.81. The minimum atomic E-state index is -0.480. The lowest BCUT2D eigenvalue weighted by Gasteiger charge is -2.37. The molecule has 21 heavy (non-hydrogen) atoms. The average Bonchev–Trinajstić information content (AvgIpc) is 2.37. The molecule has 1 aliphatic rings. The Bertz CT molecular complexity index is 525. The second-order valence-electron chi connectivity index (χ2n) is 6.55. The highest BCUT2D eigenvalue weighted by Gasteiger charge is 2.32. The van der Waals surface area contributed by atoms with Crippen LogP contribution in [-0.2, 0) is 4.74 Å². The third kappa shape index (κ3) is 4.10. The molecular weight excluding hydrogens is 288 g/mol. The van der Waals surface area contributed by atoms with Crippen molar-refractivity contribution in [2.75, 3.05) is 6.54 Å². The summed E-state index contributed by atoms with van der Waals surface area (Å²) in [6.07, 6.45) is 4.58. The SMILES string of the molecule is Cc1cc(Cl)ncc1[C@@H]1CCCCN1C(=O)OC(C)(C)C. The van der Waals surface area contributed by atoms with Crippen LogP contribution in [0, 0.1) is 6.92 Å². The number of amides is 1. The van der Waals surface area contributed by atoms with E-state index in [4.69, 9.17) is 16.3 Å². The first-order valence-electron chi connectivity index (χ1n) is 7.39. The van der Waals surface area contributed by atoms with E-state index in [9.17, 15) is 4.79 Å². The van der Waals surface area contributed by atoms with E-state index < -0.39 is 5.60 Å². The number of carbonyl (C=O) groups excluding carboxylic acids is 1. The summed E-state index contributed by atoms with van der Waals surface area (Å²) in [5, 5.41) is 0.482. The highest BCUT2D eigenvalue weighted by molar-refractivity contribution is 6.29. The lowest BCUT2D eigenvalue weighted by molar-refractivity contribution is 0.00942. The molecule has 1 fully saturated rings. The van der Waals surface area contributed by atoms with Crippen LogP contribution in [0.3, 0.4) is 0 Å². The number of halogens is 1. The number of carbonyl (C=O) groups is 1. The van der Waals surface area contributed by atoms with E-state index in [1.54, 1.807) is 6.20 Å². The predicted octanol–water partition coefficient (Wildman–Crippen LogP) is 4.51. The monoisotopic (exact) mass is 310 g/mol. The van der Waals surface area contributed by atoms with E-state index >= 15 is 0 Å². The van der Waals surface area contributed by atoms with Crippen LogP contribution < -0.4 is 0 Å². The molecular formula is C16H23ClN2O2. The topological polar surface area (TPSA) is 42.4 Å². The van der Waals surface area contributed by atoms with Crippen molar-refractivity contribution in [3.8, 4) is 0 Å². The molecule has 0 aliphatic carbocycles. The number of ether oxygens (including phenoxy) is 1. The molecule has 0 radical (unpaired) electrons. The Morgan fingerprint density at radius 2 is 2.14 bits per heavy atom.